The Morgan fingerprint density at radius 2 is 1.79 bits per heavy atom. The summed E-state index contributed by atoms with van der Waals surface area (Å²) < 4.78 is 0. The third kappa shape index (κ3) is 3.79. The molecule has 1 N–H and O–H groups in total. The normalized spacial score (nSPS) is 10.9. The highest BCUT2D eigenvalue weighted by molar-refractivity contribution is 6.36. The zero-order chi connectivity index (χ0) is 20.5. The maximum absolute atomic E-state index is 13.2. The Hall–Kier alpha value is -2.66. The second-order valence-electron chi connectivity index (χ2n) is 6.40. The largest absolute Gasteiger partial charge is 0.319 e. The number of anilines is 1. The molecule has 0 aliphatic rings. The van der Waals surface area contributed by atoms with Crippen LogP contribution in [0.25, 0.3) is 22.2 Å². The molecule has 7 heteroatoms. The fraction of sp³-hybridized carbons (Fsp3) is 0.0455. The van der Waals surface area contributed by atoms with Crippen molar-refractivity contribution in [2.75, 3.05) is 5.32 Å². The van der Waals surface area contributed by atoms with E-state index in [1.807, 2.05) is 31.2 Å². The predicted molar refractivity (Wildman–Crippen MR) is 119 cm³/mol. The van der Waals surface area contributed by atoms with Gasteiger partial charge in [-0.05, 0) is 48.9 Å². The number of benzene rings is 2. The lowest BCUT2D eigenvalue weighted by Gasteiger charge is -2.16. The van der Waals surface area contributed by atoms with Crippen LogP contribution in [0.4, 0.5) is 5.69 Å². The summed E-state index contributed by atoms with van der Waals surface area (Å²) in [6, 6.07) is 16.1. The first-order valence-electron chi connectivity index (χ1n) is 8.72. The molecule has 2 aromatic heterocycles. The van der Waals surface area contributed by atoms with Gasteiger partial charge in [-0.1, -0.05) is 53.0 Å². The Labute approximate surface area is 182 Å². The quantitative estimate of drug-likeness (QED) is 0.354. The van der Waals surface area contributed by atoms with Gasteiger partial charge in [0.15, 0.2) is 5.15 Å². The first kappa shape index (κ1) is 19.6. The van der Waals surface area contributed by atoms with Crippen molar-refractivity contribution in [3.8, 4) is 11.3 Å². The molecule has 0 fully saturated rings. The average Bonchev–Trinajstić information content (AvgIpc) is 2.69. The molecular formula is C22H14Cl3N3O. The molecule has 144 valence electrons. The van der Waals surface area contributed by atoms with Crippen molar-refractivity contribution in [2.45, 2.75) is 6.92 Å². The van der Waals surface area contributed by atoms with Crippen molar-refractivity contribution in [1.82, 2.24) is 9.97 Å². The number of pyridine rings is 2. The lowest BCUT2D eigenvalue weighted by Crippen LogP contribution is -2.15. The van der Waals surface area contributed by atoms with Crippen LogP contribution in [0.15, 0.2) is 60.8 Å². The van der Waals surface area contributed by atoms with Crippen molar-refractivity contribution in [1.29, 1.82) is 0 Å². The van der Waals surface area contributed by atoms with Crippen LogP contribution in [-0.4, -0.2) is 15.9 Å². The molecule has 0 spiro atoms. The summed E-state index contributed by atoms with van der Waals surface area (Å²) in [7, 11) is 0. The number of aromatic nitrogens is 2. The molecule has 4 rings (SSSR count). The smallest absolute Gasteiger partial charge is 0.256 e. The number of fused-ring (bicyclic) bond motifs is 1. The van der Waals surface area contributed by atoms with Crippen LogP contribution in [0.5, 0.6) is 0 Å². The molecule has 29 heavy (non-hydrogen) atoms. The zero-order valence-corrected chi connectivity index (χ0v) is 17.5. The van der Waals surface area contributed by atoms with E-state index in [0.717, 1.165) is 5.39 Å². The fourth-order valence-corrected chi connectivity index (χ4v) is 3.87. The van der Waals surface area contributed by atoms with E-state index in [-0.39, 0.29) is 11.1 Å². The minimum atomic E-state index is -0.303. The van der Waals surface area contributed by atoms with Gasteiger partial charge in [0.25, 0.3) is 5.91 Å². The van der Waals surface area contributed by atoms with E-state index >= 15 is 0 Å². The summed E-state index contributed by atoms with van der Waals surface area (Å²) in [6.07, 6.45) is 1.56. The third-order valence-corrected chi connectivity index (χ3v) is 5.41. The molecule has 0 atom stereocenters. The number of para-hydroxylation sites is 1. The summed E-state index contributed by atoms with van der Waals surface area (Å²) in [5.74, 6) is -0.303. The van der Waals surface area contributed by atoms with Gasteiger partial charge in [0.1, 0.15) is 0 Å². The number of hydrogen-bond donors (Lipinski definition) is 1. The second kappa shape index (κ2) is 7.99. The Morgan fingerprint density at radius 3 is 2.55 bits per heavy atom. The highest BCUT2D eigenvalue weighted by Gasteiger charge is 2.21. The van der Waals surface area contributed by atoms with Gasteiger partial charge in [0.2, 0.25) is 0 Å². The molecule has 1 amide bonds. The number of nitrogens with zero attached hydrogens (tertiary/aromatic N) is 2. The van der Waals surface area contributed by atoms with E-state index in [1.165, 1.54) is 0 Å². The Bertz CT molecular complexity index is 1260. The summed E-state index contributed by atoms with van der Waals surface area (Å²) in [6.45, 7) is 1.85. The number of halogens is 3. The molecule has 0 radical (unpaired) electrons. The van der Waals surface area contributed by atoms with Crippen LogP contribution in [0, 0.1) is 6.92 Å². The van der Waals surface area contributed by atoms with Crippen LogP contribution < -0.4 is 5.32 Å². The van der Waals surface area contributed by atoms with Gasteiger partial charge in [0.05, 0.1) is 27.5 Å². The SMILES string of the molecule is Cc1c(-c2ccc(Cl)cc2Cl)nc2ccccc2c1C(=O)Nc1cccnc1Cl. The maximum atomic E-state index is 13.2. The number of carbonyl (C=O) groups excluding carboxylic acids is 1. The Kier molecular flexibility index (Phi) is 5.41. The summed E-state index contributed by atoms with van der Waals surface area (Å²) >= 11 is 18.6. The summed E-state index contributed by atoms with van der Waals surface area (Å²) in [4.78, 5) is 22.0. The van der Waals surface area contributed by atoms with E-state index in [4.69, 9.17) is 39.8 Å². The van der Waals surface area contributed by atoms with Gasteiger partial charge in [0, 0.05) is 22.2 Å². The standard InChI is InChI=1S/C22H14Cl3N3O/c1-12-19(22(29)28-18-7-4-10-26-21(18)25)15-5-2-3-6-17(15)27-20(12)14-9-8-13(23)11-16(14)24/h2-11H,1H3,(H,28,29). The molecule has 0 aliphatic carbocycles. The zero-order valence-electron chi connectivity index (χ0n) is 15.2. The predicted octanol–water partition coefficient (Wildman–Crippen LogP) is 6.82. The topological polar surface area (TPSA) is 54.9 Å². The maximum Gasteiger partial charge on any atom is 0.256 e. The van der Waals surface area contributed by atoms with E-state index in [2.05, 4.69) is 10.3 Å². The van der Waals surface area contributed by atoms with Gasteiger partial charge in [-0.3, -0.25) is 4.79 Å². The second-order valence-corrected chi connectivity index (χ2v) is 7.60. The minimum absolute atomic E-state index is 0.220. The van der Waals surface area contributed by atoms with Crippen molar-refractivity contribution in [3.63, 3.8) is 0 Å². The average molecular weight is 443 g/mol. The number of nitrogens with one attached hydrogen (secondary N) is 1. The van der Waals surface area contributed by atoms with Crippen LogP contribution in [0.1, 0.15) is 15.9 Å². The minimum Gasteiger partial charge on any atom is -0.319 e. The van der Waals surface area contributed by atoms with Crippen molar-refractivity contribution >= 4 is 57.3 Å². The van der Waals surface area contributed by atoms with Gasteiger partial charge >= 0.3 is 0 Å². The number of amides is 1. The van der Waals surface area contributed by atoms with Crippen LogP contribution in [-0.2, 0) is 0 Å². The van der Waals surface area contributed by atoms with Crippen LogP contribution in [0.2, 0.25) is 15.2 Å². The fourth-order valence-electron chi connectivity index (χ4n) is 3.21. The molecule has 0 bridgehead atoms. The van der Waals surface area contributed by atoms with Crippen LogP contribution in [0.3, 0.4) is 0 Å². The van der Waals surface area contributed by atoms with Crippen molar-refractivity contribution in [3.05, 3.63) is 87.1 Å². The van der Waals surface area contributed by atoms with E-state index in [9.17, 15) is 4.79 Å². The molecule has 0 saturated carbocycles. The summed E-state index contributed by atoms with van der Waals surface area (Å²) in [5, 5.41) is 4.79. The molecular weight excluding hydrogens is 429 g/mol. The lowest BCUT2D eigenvalue weighted by molar-refractivity contribution is 0.102. The van der Waals surface area contributed by atoms with E-state index in [1.54, 1.807) is 36.5 Å². The third-order valence-electron chi connectivity index (χ3n) is 4.56. The monoisotopic (exact) mass is 441 g/mol. The Balaban J connectivity index is 1.92. The van der Waals surface area contributed by atoms with Crippen molar-refractivity contribution < 1.29 is 4.79 Å². The molecule has 2 heterocycles. The molecule has 0 unspecified atom stereocenters. The Morgan fingerprint density at radius 1 is 1.00 bits per heavy atom. The van der Waals surface area contributed by atoms with Crippen LogP contribution >= 0.6 is 34.8 Å². The number of rotatable bonds is 3. The molecule has 4 nitrogen and oxygen atoms in total. The highest BCUT2D eigenvalue weighted by Crippen LogP contribution is 2.35. The van der Waals surface area contributed by atoms with Gasteiger partial charge < -0.3 is 5.32 Å². The van der Waals surface area contributed by atoms with Gasteiger partial charge in [-0.25, -0.2) is 9.97 Å². The van der Waals surface area contributed by atoms with Gasteiger partial charge in [-0.2, -0.15) is 0 Å². The number of hydrogen-bond acceptors (Lipinski definition) is 3. The number of carbonyl (C=O) groups is 1. The van der Waals surface area contributed by atoms with Crippen molar-refractivity contribution in [2.24, 2.45) is 0 Å². The summed E-state index contributed by atoms with van der Waals surface area (Å²) in [5.41, 5.74) is 3.63. The van der Waals surface area contributed by atoms with E-state index < -0.39 is 0 Å². The molecule has 0 saturated heterocycles. The van der Waals surface area contributed by atoms with E-state index in [0.29, 0.717) is 43.6 Å². The molecule has 2 aromatic carbocycles. The lowest BCUT2D eigenvalue weighted by atomic mass is 9.97. The first-order valence-corrected chi connectivity index (χ1v) is 9.85. The van der Waals surface area contributed by atoms with Gasteiger partial charge in [-0.15, -0.1) is 0 Å². The molecule has 0 aliphatic heterocycles. The molecule has 4 aromatic rings. The highest BCUT2D eigenvalue weighted by atomic mass is 35.5. The first-order chi connectivity index (χ1) is 14.0.